The summed E-state index contributed by atoms with van der Waals surface area (Å²) >= 11 is 0. The normalized spacial score (nSPS) is 12.1. The van der Waals surface area contributed by atoms with Gasteiger partial charge in [-0.1, -0.05) is 20.8 Å². The van der Waals surface area contributed by atoms with E-state index in [1.807, 2.05) is 6.92 Å². The average molecular weight is 259 g/mol. The number of rotatable bonds is 8. The Morgan fingerprint density at radius 2 is 1.78 bits per heavy atom. The van der Waals surface area contributed by atoms with E-state index in [2.05, 4.69) is 19.2 Å². The molecule has 0 rings (SSSR count). The lowest BCUT2D eigenvalue weighted by atomic mass is 10.1. The van der Waals surface area contributed by atoms with Crippen molar-refractivity contribution in [2.75, 3.05) is 13.2 Å². The molecule has 1 amide bonds. The van der Waals surface area contributed by atoms with Crippen LogP contribution in [0.2, 0.25) is 0 Å². The van der Waals surface area contributed by atoms with Crippen LogP contribution in [0.25, 0.3) is 0 Å². The lowest BCUT2D eigenvalue weighted by Crippen LogP contribution is -2.40. The molecular weight excluding hydrogens is 234 g/mol. The van der Waals surface area contributed by atoms with Crippen molar-refractivity contribution in [2.24, 2.45) is 5.92 Å². The van der Waals surface area contributed by atoms with Crippen LogP contribution in [-0.4, -0.2) is 31.3 Å². The first-order valence-electron chi connectivity index (χ1n) is 6.57. The zero-order chi connectivity index (χ0) is 14.0. The minimum absolute atomic E-state index is 0.349. The highest BCUT2D eigenvalue weighted by molar-refractivity contribution is 5.80. The molecule has 0 aliphatic carbocycles. The Bertz CT molecular complexity index is 253. The quantitative estimate of drug-likeness (QED) is 0.537. The first-order valence-corrected chi connectivity index (χ1v) is 6.57. The van der Waals surface area contributed by atoms with Gasteiger partial charge < -0.3 is 14.8 Å². The minimum Gasteiger partial charge on any atom is -0.464 e. The van der Waals surface area contributed by atoms with Gasteiger partial charge in [0, 0.05) is 0 Å². The van der Waals surface area contributed by atoms with Crippen molar-refractivity contribution < 1.29 is 19.1 Å². The van der Waals surface area contributed by atoms with E-state index in [4.69, 9.17) is 9.47 Å². The molecule has 1 N–H and O–H groups in total. The predicted octanol–water partition coefficient (Wildman–Crippen LogP) is 2.49. The highest BCUT2D eigenvalue weighted by Crippen LogP contribution is 2.03. The molecule has 0 saturated heterocycles. The van der Waals surface area contributed by atoms with Crippen molar-refractivity contribution in [3.63, 3.8) is 0 Å². The number of esters is 1. The van der Waals surface area contributed by atoms with Crippen molar-refractivity contribution in [3.05, 3.63) is 0 Å². The van der Waals surface area contributed by atoms with Gasteiger partial charge in [0.25, 0.3) is 0 Å². The third-order valence-electron chi connectivity index (χ3n) is 2.30. The smallest absolute Gasteiger partial charge is 0.407 e. The number of carbonyl (C=O) groups is 2. The molecular formula is C13H25NO4. The second-order valence-corrected chi connectivity index (χ2v) is 4.71. The Morgan fingerprint density at radius 1 is 1.11 bits per heavy atom. The lowest BCUT2D eigenvalue weighted by molar-refractivity contribution is -0.145. The maximum atomic E-state index is 11.5. The maximum absolute atomic E-state index is 11.5. The summed E-state index contributed by atoms with van der Waals surface area (Å²) in [5.41, 5.74) is 0. The van der Waals surface area contributed by atoms with Crippen LogP contribution in [0.4, 0.5) is 4.79 Å². The zero-order valence-electron chi connectivity index (χ0n) is 11.8. The molecule has 1 atom stereocenters. The average Bonchev–Trinajstić information content (AvgIpc) is 2.31. The predicted molar refractivity (Wildman–Crippen MR) is 69.3 cm³/mol. The van der Waals surface area contributed by atoms with Crippen LogP contribution >= 0.6 is 0 Å². The van der Waals surface area contributed by atoms with E-state index < -0.39 is 18.1 Å². The summed E-state index contributed by atoms with van der Waals surface area (Å²) in [6, 6.07) is -0.673. The largest absolute Gasteiger partial charge is 0.464 e. The molecule has 18 heavy (non-hydrogen) atoms. The molecule has 0 aliphatic rings. The van der Waals surface area contributed by atoms with Crippen molar-refractivity contribution >= 4 is 12.1 Å². The first kappa shape index (κ1) is 16.7. The number of amides is 1. The molecule has 0 aliphatic heterocycles. The zero-order valence-corrected chi connectivity index (χ0v) is 11.8. The summed E-state index contributed by atoms with van der Waals surface area (Å²) in [6.07, 6.45) is 2.04. The van der Waals surface area contributed by atoms with Crippen molar-refractivity contribution in [1.82, 2.24) is 5.32 Å². The van der Waals surface area contributed by atoms with E-state index in [-0.39, 0.29) is 0 Å². The molecule has 0 radical (unpaired) electrons. The molecule has 0 heterocycles. The van der Waals surface area contributed by atoms with E-state index in [1.54, 1.807) is 6.92 Å². The van der Waals surface area contributed by atoms with Gasteiger partial charge in [0.15, 0.2) is 0 Å². The molecule has 5 nitrogen and oxygen atoms in total. The third-order valence-corrected chi connectivity index (χ3v) is 2.30. The fourth-order valence-electron chi connectivity index (χ4n) is 1.26. The number of hydrogen-bond acceptors (Lipinski definition) is 4. The van der Waals surface area contributed by atoms with Gasteiger partial charge in [-0.2, -0.15) is 0 Å². The molecule has 106 valence electrons. The Morgan fingerprint density at radius 3 is 2.33 bits per heavy atom. The van der Waals surface area contributed by atoms with E-state index >= 15 is 0 Å². The van der Waals surface area contributed by atoms with Gasteiger partial charge in [0.2, 0.25) is 0 Å². The van der Waals surface area contributed by atoms with Gasteiger partial charge in [-0.3, -0.25) is 0 Å². The molecule has 0 saturated carbocycles. The third kappa shape index (κ3) is 8.84. The molecule has 1 unspecified atom stereocenters. The second-order valence-electron chi connectivity index (χ2n) is 4.71. The summed E-state index contributed by atoms with van der Waals surface area (Å²) in [5.74, 6) is 0.176. The lowest BCUT2D eigenvalue weighted by Gasteiger charge is -2.13. The minimum atomic E-state index is -0.673. The van der Waals surface area contributed by atoms with Crippen LogP contribution < -0.4 is 5.32 Å². The van der Waals surface area contributed by atoms with Crippen LogP contribution in [0.3, 0.4) is 0 Å². The standard InChI is InChI=1S/C13H25NO4/c1-5-8-18-13(16)14-11(4)12(15)17-9-6-7-10(2)3/h10-11H,5-9H2,1-4H3,(H,14,16). The van der Waals surface area contributed by atoms with Gasteiger partial charge in [-0.05, 0) is 32.1 Å². The van der Waals surface area contributed by atoms with Gasteiger partial charge in [0.05, 0.1) is 13.2 Å². The monoisotopic (exact) mass is 259 g/mol. The van der Waals surface area contributed by atoms with E-state index in [9.17, 15) is 9.59 Å². The number of ether oxygens (including phenoxy) is 2. The van der Waals surface area contributed by atoms with Crippen LogP contribution in [0.1, 0.15) is 47.0 Å². The molecule has 0 aromatic rings. The summed E-state index contributed by atoms with van der Waals surface area (Å²) in [7, 11) is 0. The first-order chi connectivity index (χ1) is 8.47. The van der Waals surface area contributed by atoms with Crippen molar-refractivity contribution in [2.45, 2.75) is 53.0 Å². The van der Waals surface area contributed by atoms with Gasteiger partial charge >= 0.3 is 12.1 Å². The fraction of sp³-hybridized carbons (Fsp3) is 0.846. The fourth-order valence-corrected chi connectivity index (χ4v) is 1.26. The van der Waals surface area contributed by atoms with Crippen LogP contribution in [0, 0.1) is 5.92 Å². The van der Waals surface area contributed by atoms with Gasteiger partial charge in [0.1, 0.15) is 6.04 Å². The Balaban J connectivity index is 3.72. The van der Waals surface area contributed by atoms with Crippen LogP contribution in [-0.2, 0) is 14.3 Å². The summed E-state index contributed by atoms with van der Waals surface area (Å²) < 4.78 is 9.86. The number of alkyl carbamates (subject to hydrolysis) is 1. The SMILES string of the molecule is CCCOC(=O)NC(C)C(=O)OCCCC(C)C. The Kier molecular flexibility index (Phi) is 9.06. The molecule has 0 spiro atoms. The highest BCUT2D eigenvalue weighted by Gasteiger charge is 2.17. The molecule has 0 aromatic carbocycles. The van der Waals surface area contributed by atoms with E-state index in [0.29, 0.717) is 19.1 Å². The summed E-state index contributed by atoms with van der Waals surface area (Å²) in [4.78, 5) is 22.7. The van der Waals surface area contributed by atoms with E-state index in [1.165, 1.54) is 0 Å². The summed E-state index contributed by atoms with van der Waals surface area (Å²) in [5, 5.41) is 2.43. The molecule has 0 fully saturated rings. The number of nitrogens with one attached hydrogen (secondary N) is 1. The van der Waals surface area contributed by atoms with Gasteiger partial charge in [-0.25, -0.2) is 9.59 Å². The maximum Gasteiger partial charge on any atom is 0.407 e. The number of hydrogen-bond donors (Lipinski definition) is 1. The van der Waals surface area contributed by atoms with Crippen LogP contribution in [0.5, 0.6) is 0 Å². The highest BCUT2D eigenvalue weighted by atomic mass is 16.6. The van der Waals surface area contributed by atoms with Crippen molar-refractivity contribution in [1.29, 1.82) is 0 Å². The number of carbonyl (C=O) groups excluding carboxylic acids is 2. The molecule has 0 bridgehead atoms. The Labute approximate surface area is 109 Å². The van der Waals surface area contributed by atoms with Gasteiger partial charge in [-0.15, -0.1) is 0 Å². The second kappa shape index (κ2) is 9.74. The van der Waals surface area contributed by atoms with Crippen LogP contribution in [0.15, 0.2) is 0 Å². The Hall–Kier alpha value is -1.26. The molecule has 5 heteroatoms. The van der Waals surface area contributed by atoms with E-state index in [0.717, 1.165) is 19.3 Å². The summed E-state index contributed by atoms with van der Waals surface area (Å²) in [6.45, 7) is 8.47. The molecule has 0 aromatic heterocycles. The topological polar surface area (TPSA) is 64.6 Å². The van der Waals surface area contributed by atoms with Crippen molar-refractivity contribution in [3.8, 4) is 0 Å².